The molecule has 0 fully saturated rings. The van der Waals surface area contributed by atoms with E-state index in [1.54, 1.807) is 0 Å². The summed E-state index contributed by atoms with van der Waals surface area (Å²) in [5.41, 5.74) is 0.210. The zero-order valence-electron chi connectivity index (χ0n) is 10.4. The molecule has 0 amide bonds. The summed E-state index contributed by atoms with van der Waals surface area (Å²) in [6, 6.07) is 0.567. The van der Waals surface area contributed by atoms with E-state index in [0.717, 1.165) is 19.6 Å². The van der Waals surface area contributed by atoms with Gasteiger partial charge in [-0.15, -0.1) is 6.58 Å². The molecule has 0 radical (unpaired) electrons. The van der Waals surface area contributed by atoms with Gasteiger partial charge in [0.1, 0.15) is 0 Å². The van der Waals surface area contributed by atoms with E-state index in [0.29, 0.717) is 6.04 Å². The lowest BCUT2D eigenvalue weighted by Crippen LogP contribution is -2.46. The molecule has 0 aromatic heterocycles. The lowest BCUT2D eigenvalue weighted by atomic mass is 10.1. The Morgan fingerprint density at radius 2 is 2.00 bits per heavy atom. The Balaban J connectivity index is 3.91. The maximum atomic E-state index is 3.78. The van der Waals surface area contributed by atoms with Crippen LogP contribution in [-0.2, 0) is 0 Å². The van der Waals surface area contributed by atoms with Gasteiger partial charge in [0.25, 0.3) is 0 Å². The zero-order valence-corrected chi connectivity index (χ0v) is 10.4. The van der Waals surface area contributed by atoms with Crippen molar-refractivity contribution in [2.24, 2.45) is 0 Å². The van der Waals surface area contributed by atoms with Crippen molar-refractivity contribution in [3.63, 3.8) is 0 Å². The van der Waals surface area contributed by atoms with Crippen molar-refractivity contribution < 1.29 is 0 Å². The average Bonchev–Trinajstić information content (AvgIpc) is 2.09. The second kappa shape index (κ2) is 6.20. The predicted octanol–water partition coefficient (Wildman–Crippen LogP) is 2.27. The van der Waals surface area contributed by atoms with Crippen LogP contribution in [0.5, 0.6) is 0 Å². The number of hydrogen-bond donors (Lipinski definition) is 1. The lowest BCUT2D eigenvalue weighted by Gasteiger charge is -2.30. The van der Waals surface area contributed by atoms with Gasteiger partial charge in [-0.1, -0.05) is 13.0 Å². The maximum absolute atomic E-state index is 3.78. The highest BCUT2D eigenvalue weighted by Crippen LogP contribution is 2.02. The van der Waals surface area contributed by atoms with Crippen molar-refractivity contribution in [1.82, 2.24) is 10.2 Å². The molecule has 14 heavy (non-hydrogen) atoms. The van der Waals surface area contributed by atoms with Crippen LogP contribution in [0.15, 0.2) is 12.7 Å². The Bertz CT molecular complexity index is 158. The first-order chi connectivity index (χ1) is 6.40. The molecule has 1 atom stereocenters. The molecule has 0 aliphatic rings. The maximum Gasteiger partial charge on any atom is 0.0195 e. The summed E-state index contributed by atoms with van der Waals surface area (Å²) in [5, 5.41) is 3.52. The van der Waals surface area contributed by atoms with Gasteiger partial charge in [-0.2, -0.15) is 0 Å². The third kappa shape index (κ3) is 6.17. The van der Waals surface area contributed by atoms with Crippen LogP contribution in [0.25, 0.3) is 0 Å². The normalized spacial score (nSPS) is 14.4. The first-order valence-electron chi connectivity index (χ1n) is 5.50. The molecule has 1 N–H and O–H groups in total. The summed E-state index contributed by atoms with van der Waals surface area (Å²) >= 11 is 0. The van der Waals surface area contributed by atoms with Gasteiger partial charge in [0.15, 0.2) is 0 Å². The number of likely N-dealkylation sites (N-methyl/N-ethyl adjacent to an activating group) is 1. The highest BCUT2D eigenvalue weighted by molar-refractivity contribution is 4.80. The lowest BCUT2D eigenvalue weighted by molar-refractivity contribution is 0.224. The summed E-state index contributed by atoms with van der Waals surface area (Å²) < 4.78 is 0. The van der Waals surface area contributed by atoms with Crippen molar-refractivity contribution in [2.45, 2.75) is 46.2 Å². The van der Waals surface area contributed by atoms with Gasteiger partial charge < -0.3 is 5.32 Å². The monoisotopic (exact) mass is 198 g/mol. The quantitative estimate of drug-likeness (QED) is 0.659. The van der Waals surface area contributed by atoms with Crippen LogP contribution in [0.4, 0.5) is 0 Å². The molecule has 1 unspecified atom stereocenters. The molecule has 84 valence electrons. The summed E-state index contributed by atoms with van der Waals surface area (Å²) in [4.78, 5) is 2.41. The molecule has 0 aliphatic heterocycles. The Kier molecular flexibility index (Phi) is 6.05. The van der Waals surface area contributed by atoms with Gasteiger partial charge in [0.05, 0.1) is 0 Å². The van der Waals surface area contributed by atoms with Crippen LogP contribution in [-0.4, -0.2) is 36.1 Å². The van der Waals surface area contributed by atoms with Crippen molar-refractivity contribution >= 4 is 0 Å². The zero-order chi connectivity index (χ0) is 11.2. The van der Waals surface area contributed by atoms with E-state index >= 15 is 0 Å². The smallest absolute Gasteiger partial charge is 0.0195 e. The minimum absolute atomic E-state index is 0.210. The van der Waals surface area contributed by atoms with Crippen LogP contribution in [0, 0.1) is 0 Å². The summed E-state index contributed by atoms with van der Waals surface area (Å²) in [6.07, 6.45) is 1.97. The van der Waals surface area contributed by atoms with E-state index < -0.39 is 0 Å². The fourth-order valence-electron chi connectivity index (χ4n) is 1.37. The van der Waals surface area contributed by atoms with Crippen molar-refractivity contribution in [1.29, 1.82) is 0 Å². The van der Waals surface area contributed by atoms with E-state index in [1.807, 2.05) is 6.08 Å². The van der Waals surface area contributed by atoms with Gasteiger partial charge in [0, 0.05) is 24.7 Å². The first-order valence-corrected chi connectivity index (χ1v) is 5.50. The van der Waals surface area contributed by atoms with Crippen LogP contribution in [0.2, 0.25) is 0 Å². The highest BCUT2D eigenvalue weighted by atomic mass is 15.2. The Hall–Kier alpha value is -0.340. The van der Waals surface area contributed by atoms with Crippen molar-refractivity contribution in [3.05, 3.63) is 12.7 Å². The van der Waals surface area contributed by atoms with Crippen molar-refractivity contribution in [3.8, 4) is 0 Å². The second-order valence-electron chi connectivity index (χ2n) is 4.86. The molecule has 0 spiro atoms. The van der Waals surface area contributed by atoms with E-state index in [-0.39, 0.29) is 5.54 Å². The molecular weight excluding hydrogens is 172 g/mol. The van der Waals surface area contributed by atoms with Crippen molar-refractivity contribution in [2.75, 3.05) is 19.6 Å². The Labute approximate surface area is 89.4 Å². The van der Waals surface area contributed by atoms with Gasteiger partial charge >= 0.3 is 0 Å². The SMILES string of the molecule is C=CCN(CC)C(C)CNC(C)(C)C. The minimum atomic E-state index is 0.210. The molecule has 0 saturated heterocycles. The molecule has 2 nitrogen and oxygen atoms in total. The number of nitrogens with zero attached hydrogens (tertiary/aromatic N) is 1. The van der Waals surface area contributed by atoms with E-state index in [1.165, 1.54) is 0 Å². The number of nitrogens with one attached hydrogen (secondary N) is 1. The van der Waals surface area contributed by atoms with E-state index in [9.17, 15) is 0 Å². The fraction of sp³-hybridized carbons (Fsp3) is 0.833. The average molecular weight is 198 g/mol. The molecule has 0 saturated carbocycles. The van der Waals surface area contributed by atoms with E-state index in [2.05, 4.69) is 51.4 Å². The summed E-state index contributed by atoms with van der Waals surface area (Å²) in [7, 11) is 0. The molecule has 0 heterocycles. The highest BCUT2D eigenvalue weighted by Gasteiger charge is 2.14. The molecule has 0 aromatic carbocycles. The number of hydrogen-bond acceptors (Lipinski definition) is 2. The van der Waals surface area contributed by atoms with Crippen LogP contribution >= 0.6 is 0 Å². The molecule has 0 aromatic rings. The van der Waals surface area contributed by atoms with Gasteiger partial charge in [0.2, 0.25) is 0 Å². The molecular formula is C12H26N2. The Morgan fingerprint density at radius 1 is 1.43 bits per heavy atom. The largest absolute Gasteiger partial charge is 0.311 e. The summed E-state index contributed by atoms with van der Waals surface area (Å²) in [6.45, 7) is 17.9. The second-order valence-corrected chi connectivity index (χ2v) is 4.86. The van der Waals surface area contributed by atoms with Gasteiger partial charge in [-0.25, -0.2) is 0 Å². The van der Waals surface area contributed by atoms with Crippen LogP contribution in [0.1, 0.15) is 34.6 Å². The third-order valence-corrected chi connectivity index (χ3v) is 2.32. The molecule has 2 heteroatoms. The fourth-order valence-corrected chi connectivity index (χ4v) is 1.37. The molecule has 0 rings (SSSR count). The Morgan fingerprint density at radius 3 is 2.36 bits per heavy atom. The summed E-state index contributed by atoms with van der Waals surface area (Å²) in [5.74, 6) is 0. The van der Waals surface area contributed by atoms with E-state index in [4.69, 9.17) is 0 Å². The first kappa shape index (κ1) is 13.7. The third-order valence-electron chi connectivity index (χ3n) is 2.32. The number of rotatable bonds is 6. The molecule has 0 aliphatic carbocycles. The topological polar surface area (TPSA) is 15.3 Å². The van der Waals surface area contributed by atoms with Gasteiger partial charge in [-0.05, 0) is 34.2 Å². The van der Waals surface area contributed by atoms with Crippen LogP contribution < -0.4 is 5.32 Å². The van der Waals surface area contributed by atoms with Crippen LogP contribution in [0.3, 0.4) is 0 Å². The standard InChI is InChI=1S/C12H26N2/c1-7-9-14(8-2)11(3)10-13-12(4,5)6/h7,11,13H,1,8-10H2,2-6H3. The predicted molar refractivity (Wildman–Crippen MR) is 64.7 cm³/mol. The minimum Gasteiger partial charge on any atom is -0.311 e. The van der Waals surface area contributed by atoms with Gasteiger partial charge in [-0.3, -0.25) is 4.90 Å². The molecule has 0 bridgehead atoms.